The summed E-state index contributed by atoms with van der Waals surface area (Å²) in [6.07, 6.45) is 0. The molecule has 15 heavy (non-hydrogen) atoms. The van der Waals surface area contributed by atoms with Crippen LogP contribution in [0.3, 0.4) is 0 Å². The van der Waals surface area contributed by atoms with Gasteiger partial charge in [-0.25, -0.2) is 4.68 Å². The van der Waals surface area contributed by atoms with Gasteiger partial charge in [0.15, 0.2) is 0 Å². The molecule has 0 bridgehead atoms. The minimum Gasteiger partial charge on any atom is -0.267 e. The van der Waals surface area contributed by atoms with E-state index in [1.165, 1.54) is 0 Å². The molecule has 0 atom stereocenters. The first-order valence-electron chi connectivity index (χ1n) is 4.62. The van der Waals surface area contributed by atoms with Crippen molar-refractivity contribution >= 4 is 22.6 Å². The average Bonchev–Trinajstić information content (AvgIpc) is 2.45. The van der Waals surface area contributed by atoms with Crippen LogP contribution in [0.1, 0.15) is 5.69 Å². The number of rotatable bonds is 1. The average molecular weight is 314 g/mol. The molecule has 0 aliphatic rings. The van der Waals surface area contributed by atoms with E-state index in [4.69, 9.17) is 0 Å². The first-order valence-corrected chi connectivity index (χ1v) is 5.70. The molecule has 0 fully saturated rings. The van der Waals surface area contributed by atoms with Crippen LogP contribution < -0.4 is 5.56 Å². The lowest BCUT2D eigenvalue weighted by atomic mass is 10.3. The van der Waals surface area contributed by atoms with E-state index < -0.39 is 0 Å². The maximum Gasteiger partial charge on any atom is 0.280 e. The first kappa shape index (κ1) is 10.5. The zero-order chi connectivity index (χ0) is 11.0. The van der Waals surface area contributed by atoms with Crippen molar-refractivity contribution < 1.29 is 0 Å². The van der Waals surface area contributed by atoms with Crippen LogP contribution in [-0.4, -0.2) is 9.36 Å². The largest absolute Gasteiger partial charge is 0.280 e. The zero-order valence-corrected chi connectivity index (χ0v) is 10.7. The Morgan fingerprint density at radius 2 is 1.80 bits per heavy atom. The molecule has 2 rings (SSSR count). The first-order chi connectivity index (χ1) is 7.13. The van der Waals surface area contributed by atoms with Gasteiger partial charge < -0.3 is 0 Å². The van der Waals surface area contributed by atoms with Crippen LogP contribution in [0.5, 0.6) is 0 Å². The number of halogens is 1. The molecule has 0 aliphatic heterocycles. The molecule has 0 spiro atoms. The molecule has 0 amide bonds. The molecule has 0 saturated carbocycles. The molecule has 0 unspecified atom stereocenters. The Bertz CT molecular complexity index is 540. The van der Waals surface area contributed by atoms with E-state index in [1.807, 2.05) is 41.9 Å². The monoisotopic (exact) mass is 314 g/mol. The second kappa shape index (κ2) is 3.84. The fraction of sp³-hybridized carbons (Fsp3) is 0.182. The molecule has 1 heterocycles. The topological polar surface area (TPSA) is 26.9 Å². The van der Waals surface area contributed by atoms with Gasteiger partial charge in [-0.15, -0.1) is 0 Å². The standard InChI is InChI=1S/C11H11IN2O/c1-8-10(12)11(15)13(2)14(8)9-6-4-3-5-7-9/h3-7H,1-2H3. The molecule has 0 N–H and O–H groups in total. The fourth-order valence-electron chi connectivity index (χ4n) is 1.64. The molecular weight excluding hydrogens is 303 g/mol. The van der Waals surface area contributed by atoms with Crippen LogP contribution in [0.15, 0.2) is 35.1 Å². The Morgan fingerprint density at radius 1 is 1.20 bits per heavy atom. The van der Waals surface area contributed by atoms with Crippen LogP contribution in [-0.2, 0) is 7.05 Å². The van der Waals surface area contributed by atoms with Crippen molar-refractivity contribution in [3.8, 4) is 5.69 Å². The van der Waals surface area contributed by atoms with Gasteiger partial charge >= 0.3 is 0 Å². The summed E-state index contributed by atoms with van der Waals surface area (Å²) in [5.41, 5.74) is 2.05. The maximum atomic E-state index is 11.7. The van der Waals surface area contributed by atoms with Crippen LogP contribution in [0.2, 0.25) is 0 Å². The lowest BCUT2D eigenvalue weighted by molar-refractivity contribution is 0.629. The summed E-state index contributed by atoms with van der Waals surface area (Å²) >= 11 is 2.09. The van der Waals surface area contributed by atoms with Crippen LogP contribution >= 0.6 is 22.6 Å². The number of benzene rings is 1. The van der Waals surface area contributed by atoms with Gasteiger partial charge in [0.05, 0.1) is 11.4 Å². The third-order valence-corrected chi connectivity index (χ3v) is 3.66. The normalized spacial score (nSPS) is 10.6. The summed E-state index contributed by atoms with van der Waals surface area (Å²) < 4.78 is 4.33. The second-order valence-electron chi connectivity index (χ2n) is 3.38. The summed E-state index contributed by atoms with van der Waals surface area (Å²) in [5.74, 6) is 0. The molecule has 3 nitrogen and oxygen atoms in total. The van der Waals surface area contributed by atoms with Crippen molar-refractivity contribution in [1.29, 1.82) is 0 Å². The fourth-order valence-corrected chi connectivity index (χ4v) is 2.22. The summed E-state index contributed by atoms with van der Waals surface area (Å²) in [6.45, 7) is 1.95. The predicted octanol–water partition coefficient (Wildman–Crippen LogP) is 2.09. The maximum absolute atomic E-state index is 11.7. The van der Waals surface area contributed by atoms with Crippen LogP contribution in [0, 0.1) is 10.5 Å². The molecule has 1 aromatic heterocycles. The van der Waals surface area contributed by atoms with Gasteiger partial charge in [0.1, 0.15) is 3.57 Å². The van der Waals surface area contributed by atoms with E-state index in [9.17, 15) is 4.79 Å². The van der Waals surface area contributed by atoms with Gasteiger partial charge in [0.25, 0.3) is 5.56 Å². The van der Waals surface area contributed by atoms with E-state index in [0.717, 1.165) is 15.0 Å². The minimum absolute atomic E-state index is 0.0527. The smallest absolute Gasteiger partial charge is 0.267 e. The molecule has 0 aliphatic carbocycles. The number of hydrogen-bond donors (Lipinski definition) is 0. The Labute approximate surface area is 101 Å². The number of nitrogens with zero attached hydrogens (tertiary/aromatic N) is 2. The summed E-state index contributed by atoms with van der Waals surface area (Å²) in [7, 11) is 1.78. The third kappa shape index (κ3) is 1.62. The highest BCUT2D eigenvalue weighted by atomic mass is 127. The minimum atomic E-state index is 0.0527. The van der Waals surface area contributed by atoms with E-state index in [1.54, 1.807) is 11.7 Å². The van der Waals surface area contributed by atoms with Crippen molar-refractivity contribution in [1.82, 2.24) is 9.36 Å². The summed E-state index contributed by atoms with van der Waals surface area (Å²) in [5, 5.41) is 0. The summed E-state index contributed by atoms with van der Waals surface area (Å²) in [4.78, 5) is 11.7. The summed E-state index contributed by atoms with van der Waals surface area (Å²) in [6, 6.07) is 9.87. The van der Waals surface area contributed by atoms with Gasteiger partial charge in [-0.1, -0.05) is 18.2 Å². The number of para-hydroxylation sites is 1. The lowest BCUT2D eigenvalue weighted by Crippen LogP contribution is -2.19. The molecular formula is C11H11IN2O. The van der Waals surface area contributed by atoms with E-state index in [0.29, 0.717) is 0 Å². The Balaban J connectivity index is 2.75. The highest BCUT2D eigenvalue weighted by molar-refractivity contribution is 14.1. The molecule has 2 aromatic rings. The van der Waals surface area contributed by atoms with E-state index in [2.05, 4.69) is 22.6 Å². The Hall–Kier alpha value is -1.04. The van der Waals surface area contributed by atoms with Crippen molar-refractivity contribution in [2.45, 2.75) is 6.92 Å². The van der Waals surface area contributed by atoms with Crippen molar-refractivity contribution in [3.63, 3.8) is 0 Å². The Morgan fingerprint density at radius 3 is 2.27 bits per heavy atom. The second-order valence-corrected chi connectivity index (χ2v) is 4.45. The van der Waals surface area contributed by atoms with Gasteiger partial charge in [-0.3, -0.25) is 9.48 Å². The van der Waals surface area contributed by atoms with E-state index >= 15 is 0 Å². The molecule has 1 aromatic carbocycles. The van der Waals surface area contributed by atoms with Gasteiger partial charge in [0, 0.05) is 7.05 Å². The predicted molar refractivity (Wildman–Crippen MR) is 68.5 cm³/mol. The highest BCUT2D eigenvalue weighted by Crippen LogP contribution is 2.13. The van der Waals surface area contributed by atoms with Crippen LogP contribution in [0.4, 0.5) is 0 Å². The van der Waals surface area contributed by atoms with Crippen molar-refractivity contribution in [2.75, 3.05) is 0 Å². The van der Waals surface area contributed by atoms with Crippen LogP contribution in [0.25, 0.3) is 5.69 Å². The van der Waals surface area contributed by atoms with Gasteiger partial charge in [0.2, 0.25) is 0 Å². The van der Waals surface area contributed by atoms with Crippen molar-refractivity contribution in [2.24, 2.45) is 7.05 Å². The number of hydrogen-bond acceptors (Lipinski definition) is 1. The molecule has 0 radical (unpaired) electrons. The Kier molecular flexibility index (Phi) is 2.68. The van der Waals surface area contributed by atoms with Crippen molar-refractivity contribution in [3.05, 3.63) is 49.9 Å². The highest BCUT2D eigenvalue weighted by Gasteiger charge is 2.12. The lowest BCUT2D eigenvalue weighted by Gasteiger charge is -2.09. The molecule has 0 saturated heterocycles. The van der Waals surface area contributed by atoms with E-state index in [-0.39, 0.29) is 5.56 Å². The quantitative estimate of drug-likeness (QED) is 0.741. The SMILES string of the molecule is Cc1c(I)c(=O)n(C)n1-c1ccccc1. The van der Waals surface area contributed by atoms with Gasteiger partial charge in [-0.05, 0) is 41.6 Å². The molecule has 4 heteroatoms. The number of aromatic nitrogens is 2. The molecule has 78 valence electrons. The zero-order valence-electron chi connectivity index (χ0n) is 8.57. The van der Waals surface area contributed by atoms with Gasteiger partial charge in [-0.2, -0.15) is 0 Å². The third-order valence-electron chi connectivity index (χ3n) is 2.42.